The standard InChI is InChI=1S/C21H27ClN4O6/c1-3-32-21(30)25-8-6-24(7-9-25)17-5-4-14(12-16(17)22)23-18-15(20(29)31-2)13-26(10-11-27)19(18)28/h4-5,12,23,27H,3,6-11,13H2,1-2H3. The highest BCUT2D eigenvalue weighted by Gasteiger charge is 2.34. The zero-order chi connectivity index (χ0) is 23.3. The average Bonchev–Trinajstić information content (AvgIpc) is 3.09. The summed E-state index contributed by atoms with van der Waals surface area (Å²) in [4.78, 5) is 41.8. The van der Waals surface area contributed by atoms with Crippen LogP contribution in [-0.4, -0.2) is 92.5 Å². The summed E-state index contributed by atoms with van der Waals surface area (Å²) >= 11 is 6.51. The molecule has 2 heterocycles. The number of aliphatic hydroxyl groups excluding tert-OH is 1. The second-order valence-electron chi connectivity index (χ2n) is 7.26. The molecule has 0 saturated carbocycles. The first-order valence-corrected chi connectivity index (χ1v) is 10.7. The number of ether oxygens (including phenoxy) is 2. The van der Waals surface area contributed by atoms with Gasteiger partial charge in [-0.25, -0.2) is 9.59 Å². The number of nitrogens with zero attached hydrogens (tertiary/aromatic N) is 3. The summed E-state index contributed by atoms with van der Waals surface area (Å²) in [5.74, 6) is -1.00. The molecule has 0 radical (unpaired) electrons. The number of halogens is 1. The van der Waals surface area contributed by atoms with Gasteiger partial charge in [0.05, 0.1) is 43.2 Å². The molecule has 11 heteroatoms. The topological polar surface area (TPSA) is 112 Å². The Balaban J connectivity index is 1.72. The zero-order valence-corrected chi connectivity index (χ0v) is 18.9. The van der Waals surface area contributed by atoms with Crippen LogP contribution in [0.4, 0.5) is 16.2 Å². The number of methoxy groups -OCH3 is 1. The third kappa shape index (κ3) is 5.08. The van der Waals surface area contributed by atoms with Crippen LogP contribution in [0.15, 0.2) is 29.5 Å². The van der Waals surface area contributed by atoms with Crippen LogP contribution in [-0.2, 0) is 19.1 Å². The molecule has 32 heavy (non-hydrogen) atoms. The third-order valence-electron chi connectivity index (χ3n) is 5.32. The quantitative estimate of drug-likeness (QED) is 0.578. The Morgan fingerprint density at radius 1 is 1.22 bits per heavy atom. The number of hydrogen-bond donors (Lipinski definition) is 2. The number of benzene rings is 1. The van der Waals surface area contributed by atoms with Crippen LogP contribution in [0.25, 0.3) is 0 Å². The summed E-state index contributed by atoms with van der Waals surface area (Å²) in [5, 5.41) is 12.6. The van der Waals surface area contributed by atoms with Crippen LogP contribution in [0.2, 0.25) is 5.02 Å². The van der Waals surface area contributed by atoms with Gasteiger partial charge in [0.25, 0.3) is 5.91 Å². The fraction of sp³-hybridized carbons (Fsp3) is 0.476. The first-order chi connectivity index (χ1) is 15.4. The number of piperazine rings is 1. The van der Waals surface area contributed by atoms with Crippen molar-refractivity contribution in [3.8, 4) is 0 Å². The smallest absolute Gasteiger partial charge is 0.409 e. The van der Waals surface area contributed by atoms with Gasteiger partial charge in [-0.15, -0.1) is 0 Å². The molecular formula is C21H27ClN4O6. The minimum Gasteiger partial charge on any atom is -0.466 e. The number of rotatable bonds is 7. The summed E-state index contributed by atoms with van der Waals surface area (Å²) in [7, 11) is 1.25. The summed E-state index contributed by atoms with van der Waals surface area (Å²) in [5.41, 5.74) is 1.65. The molecule has 0 bridgehead atoms. The van der Waals surface area contributed by atoms with Crippen molar-refractivity contribution in [1.82, 2.24) is 9.80 Å². The number of nitrogens with one attached hydrogen (secondary N) is 1. The van der Waals surface area contributed by atoms with E-state index in [0.29, 0.717) is 43.5 Å². The molecule has 174 valence electrons. The Labute approximate surface area is 191 Å². The molecule has 3 rings (SSSR count). The second kappa shape index (κ2) is 10.6. The van der Waals surface area contributed by atoms with E-state index in [1.54, 1.807) is 24.0 Å². The monoisotopic (exact) mass is 466 g/mol. The van der Waals surface area contributed by atoms with E-state index in [1.807, 2.05) is 6.07 Å². The van der Waals surface area contributed by atoms with Crippen LogP contribution in [0.1, 0.15) is 6.92 Å². The van der Waals surface area contributed by atoms with Crippen molar-refractivity contribution in [1.29, 1.82) is 0 Å². The largest absolute Gasteiger partial charge is 0.466 e. The van der Waals surface area contributed by atoms with Crippen molar-refractivity contribution in [2.75, 3.05) is 69.8 Å². The minimum absolute atomic E-state index is 0.0605. The van der Waals surface area contributed by atoms with Crippen LogP contribution in [0.3, 0.4) is 0 Å². The maximum Gasteiger partial charge on any atom is 0.409 e. The Bertz CT molecular complexity index is 914. The van der Waals surface area contributed by atoms with E-state index in [0.717, 1.165) is 5.69 Å². The van der Waals surface area contributed by atoms with Gasteiger partial charge in [-0.05, 0) is 25.1 Å². The van der Waals surface area contributed by atoms with Gasteiger partial charge < -0.3 is 34.6 Å². The molecule has 2 N–H and O–H groups in total. The van der Waals surface area contributed by atoms with Gasteiger partial charge in [-0.1, -0.05) is 11.6 Å². The lowest BCUT2D eigenvalue weighted by atomic mass is 10.2. The van der Waals surface area contributed by atoms with E-state index in [-0.39, 0.29) is 37.1 Å². The predicted molar refractivity (Wildman–Crippen MR) is 119 cm³/mol. The lowest BCUT2D eigenvalue weighted by Gasteiger charge is -2.35. The average molecular weight is 467 g/mol. The number of carbonyl (C=O) groups is 3. The maximum atomic E-state index is 12.7. The summed E-state index contributed by atoms with van der Waals surface area (Å²) < 4.78 is 9.83. The molecule has 0 atom stereocenters. The van der Waals surface area contributed by atoms with Gasteiger partial charge in [0.2, 0.25) is 0 Å². The molecular weight excluding hydrogens is 440 g/mol. The predicted octanol–water partition coefficient (Wildman–Crippen LogP) is 1.29. The molecule has 1 fully saturated rings. The number of β-amino-alcohol motifs (C(OH)–C–C–N with tert-alkyl or cyclic N) is 1. The Kier molecular flexibility index (Phi) is 7.81. The molecule has 2 aliphatic rings. The molecule has 1 saturated heterocycles. The Morgan fingerprint density at radius 3 is 2.53 bits per heavy atom. The molecule has 10 nitrogen and oxygen atoms in total. The number of esters is 1. The highest BCUT2D eigenvalue weighted by molar-refractivity contribution is 6.33. The molecule has 2 amide bonds. The number of aliphatic hydroxyl groups is 1. The van der Waals surface area contributed by atoms with Gasteiger partial charge in [-0.3, -0.25) is 4.79 Å². The molecule has 2 aliphatic heterocycles. The van der Waals surface area contributed by atoms with E-state index in [2.05, 4.69) is 10.2 Å². The lowest BCUT2D eigenvalue weighted by molar-refractivity contribution is -0.136. The van der Waals surface area contributed by atoms with Crippen LogP contribution < -0.4 is 10.2 Å². The normalized spacial score (nSPS) is 16.5. The molecule has 1 aromatic rings. The molecule has 1 aromatic carbocycles. The number of carbonyl (C=O) groups excluding carboxylic acids is 3. The fourth-order valence-electron chi connectivity index (χ4n) is 3.68. The molecule has 0 aromatic heterocycles. The van der Waals surface area contributed by atoms with Gasteiger partial charge in [0, 0.05) is 38.4 Å². The summed E-state index contributed by atoms with van der Waals surface area (Å²) in [6.45, 7) is 4.35. The van der Waals surface area contributed by atoms with Crippen LogP contribution in [0.5, 0.6) is 0 Å². The van der Waals surface area contributed by atoms with Crippen molar-refractivity contribution >= 4 is 40.9 Å². The van der Waals surface area contributed by atoms with Gasteiger partial charge >= 0.3 is 12.1 Å². The molecule has 0 aliphatic carbocycles. The van der Waals surface area contributed by atoms with Crippen LogP contribution >= 0.6 is 11.6 Å². The molecule has 0 unspecified atom stereocenters. The number of amides is 2. The van der Waals surface area contributed by atoms with Gasteiger partial charge in [-0.2, -0.15) is 0 Å². The highest BCUT2D eigenvalue weighted by atomic mass is 35.5. The fourth-order valence-corrected chi connectivity index (χ4v) is 3.98. The number of anilines is 2. The highest BCUT2D eigenvalue weighted by Crippen LogP contribution is 2.31. The lowest BCUT2D eigenvalue weighted by Crippen LogP contribution is -2.49. The van der Waals surface area contributed by atoms with Crippen molar-refractivity contribution in [3.63, 3.8) is 0 Å². The SMILES string of the molecule is CCOC(=O)N1CCN(c2ccc(NC3=C(C(=O)OC)CN(CCO)C3=O)cc2Cl)CC1. The van der Waals surface area contributed by atoms with E-state index in [1.165, 1.54) is 12.0 Å². The Hall–Kier alpha value is -2.98. The van der Waals surface area contributed by atoms with Crippen molar-refractivity contribution in [2.45, 2.75) is 6.92 Å². The van der Waals surface area contributed by atoms with Crippen LogP contribution in [0, 0.1) is 0 Å². The zero-order valence-electron chi connectivity index (χ0n) is 18.1. The van der Waals surface area contributed by atoms with Gasteiger partial charge in [0.1, 0.15) is 5.70 Å². The summed E-state index contributed by atoms with van der Waals surface area (Å²) in [6.07, 6.45) is -0.316. The first kappa shape index (κ1) is 23.7. The van der Waals surface area contributed by atoms with Gasteiger partial charge in [0.15, 0.2) is 0 Å². The minimum atomic E-state index is -0.608. The van der Waals surface area contributed by atoms with E-state index >= 15 is 0 Å². The van der Waals surface area contributed by atoms with E-state index in [9.17, 15) is 14.4 Å². The van der Waals surface area contributed by atoms with E-state index in [4.69, 9.17) is 26.2 Å². The first-order valence-electron chi connectivity index (χ1n) is 10.3. The number of hydrogen-bond acceptors (Lipinski definition) is 8. The van der Waals surface area contributed by atoms with Crippen molar-refractivity contribution in [3.05, 3.63) is 34.5 Å². The van der Waals surface area contributed by atoms with Crippen molar-refractivity contribution < 1.29 is 29.0 Å². The second-order valence-corrected chi connectivity index (χ2v) is 7.67. The third-order valence-corrected chi connectivity index (χ3v) is 5.62. The van der Waals surface area contributed by atoms with Crippen molar-refractivity contribution in [2.24, 2.45) is 0 Å². The Morgan fingerprint density at radius 2 is 1.94 bits per heavy atom. The molecule has 0 spiro atoms. The van der Waals surface area contributed by atoms with E-state index < -0.39 is 11.9 Å². The maximum absolute atomic E-state index is 12.7. The summed E-state index contributed by atoms with van der Waals surface area (Å²) in [6, 6.07) is 5.27.